The van der Waals surface area contributed by atoms with E-state index in [1.165, 1.54) is 44.6 Å². The quantitative estimate of drug-likeness (QED) is 0.521. The highest BCUT2D eigenvalue weighted by Crippen LogP contribution is 2.29. The van der Waals surface area contributed by atoms with E-state index in [4.69, 9.17) is 0 Å². The second-order valence-corrected chi connectivity index (χ2v) is 5.48. The molecule has 1 N–H and O–H groups in total. The Labute approximate surface area is 119 Å². The predicted octanol–water partition coefficient (Wildman–Crippen LogP) is 3.25. The summed E-state index contributed by atoms with van der Waals surface area (Å²) in [4.78, 5) is 12.6. The highest BCUT2D eigenvalue weighted by molar-refractivity contribution is 5.55. The van der Waals surface area contributed by atoms with Crippen LogP contribution in [0.25, 0.3) is 0 Å². The molecule has 20 heavy (non-hydrogen) atoms. The molecule has 1 aromatic carbocycles. The third kappa shape index (κ3) is 3.28. The lowest BCUT2D eigenvalue weighted by atomic mass is 10.1. The second-order valence-electron chi connectivity index (χ2n) is 5.48. The first-order chi connectivity index (χ1) is 9.63. The average Bonchev–Trinajstić information content (AvgIpc) is 2.74. The summed E-state index contributed by atoms with van der Waals surface area (Å²) in [5, 5.41) is 20.2. The number of nitrogens with zero attached hydrogens (tertiary/aromatic N) is 2. The first-order valence-corrected chi connectivity index (χ1v) is 7.24. The maximum absolute atomic E-state index is 10.9. The molecule has 0 unspecified atom stereocenters. The van der Waals surface area contributed by atoms with Crippen molar-refractivity contribution in [3.05, 3.63) is 33.9 Å². The van der Waals surface area contributed by atoms with E-state index in [1.807, 2.05) is 7.05 Å². The molecule has 0 amide bonds. The zero-order valence-electron chi connectivity index (χ0n) is 11.9. The van der Waals surface area contributed by atoms with Crippen LogP contribution < -0.4 is 4.90 Å². The number of aliphatic hydroxyl groups is 1. The number of nitro benzene ring substituents is 1. The summed E-state index contributed by atoms with van der Waals surface area (Å²) in [6.07, 6.45) is 7.42. The maximum Gasteiger partial charge on any atom is 0.275 e. The van der Waals surface area contributed by atoms with E-state index in [-0.39, 0.29) is 12.3 Å². The molecule has 0 aliphatic heterocycles. The van der Waals surface area contributed by atoms with Gasteiger partial charge in [-0.25, -0.2) is 0 Å². The predicted molar refractivity (Wildman–Crippen MR) is 78.9 cm³/mol. The average molecular weight is 278 g/mol. The Bertz CT molecular complexity index is 468. The monoisotopic (exact) mass is 278 g/mol. The number of hydrogen-bond acceptors (Lipinski definition) is 4. The molecule has 0 bridgehead atoms. The number of rotatable bonds is 4. The van der Waals surface area contributed by atoms with Gasteiger partial charge in [-0.15, -0.1) is 0 Å². The van der Waals surface area contributed by atoms with Gasteiger partial charge in [0.15, 0.2) is 0 Å². The molecule has 0 heterocycles. The van der Waals surface area contributed by atoms with Gasteiger partial charge in [-0.05, 0) is 25.0 Å². The highest BCUT2D eigenvalue weighted by atomic mass is 16.6. The van der Waals surface area contributed by atoms with E-state index in [0.717, 1.165) is 5.69 Å². The molecule has 1 aliphatic carbocycles. The zero-order valence-corrected chi connectivity index (χ0v) is 11.9. The first kappa shape index (κ1) is 14.8. The lowest BCUT2D eigenvalue weighted by molar-refractivity contribution is -0.385. The SMILES string of the molecule is CN(c1ccc([N+](=O)[O-])c(CO)c1)C1CCCCCC1. The van der Waals surface area contributed by atoms with Gasteiger partial charge < -0.3 is 10.0 Å². The molecule has 0 spiro atoms. The summed E-state index contributed by atoms with van der Waals surface area (Å²) in [5.41, 5.74) is 1.32. The molecule has 5 nitrogen and oxygen atoms in total. The zero-order chi connectivity index (χ0) is 14.5. The highest BCUT2D eigenvalue weighted by Gasteiger charge is 2.20. The van der Waals surface area contributed by atoms with Gasteiger partial charge in [-0.3, -0.25) is 10.1 Å². The number of aliphatic hydroxyl groups excluding tert-OH is 1. The van der Waals surface area contributed by atoms with Crippen molar-refractivity contribution < 1.29 is 10.0 Å². The lowest BCUT2D eigenvalue weighted by Crippen LogP contribution is -2.31. The van der Waals surface area contributed by atoms with Crippen LogP contribution in [0.15, 0.2) is 18.2 Å². The molecule has 1 aliphatic rings. The van der Waals surface area contributed by atoms with Crippen molar-refractivity contribution in [3.8, 4) is 0 Å². The molecule has 0 aromatic heterocycles. The Hall–Kier alpha value is -1.62. The molecule has 0 radical (unpaired) electrons. The fourth-order valence-electron chi connectivity index (χ4n) is 2.95. The fourth-order valence-corrected chi connectivity index (χ4v) is 2.95. The third-order valence-electron chi connectivity index (χ3n) is 4.21. The Kier molecular flexibility index (Phi) is 4.95. The van der Waals surface area contributed by atoms with Crippen molar-refractivity contribution in [2.45, 2.75) is 51.2 Å². The van der Waals surface area contributed by atoms with Crippen LogP contribution in [0.3, 0.4) is 0 Å². The van der Waals surface area contributed by atoms with E-state index in [0.29, 0.717) is 11.6 Å². The molecule has 0 atom stereocenters. The summed E-state index contributed by atoms with van der Waals surface area (Å²) in [6.45, 7) is -0.303. The minimum absolute atomic E-state index is 0.00878. The summed E-state index contributed by atoms with van der Waals surface area (Å²) in [5.74, 6) is 0. The number of benzene rings is 1. The smallest absolute Gasteiger partial charge is 0.275 e. The Morgan fingerprint density at radius 1 is 1.30 bits per heavy atom. The van der Waals surface area contributed by atoms with Crippen LogP contribution in [0.5, 0.6) is 0 Å². The van der Waals surface area contributed by atoms with Gasteiger partial charge >= 0.3 is 0 Å². The van der Waals surface area contributed by atoms with Crippen molar-refractivity contribution in [1.82, 2.24) is 0 Å². The standard InChI is InChI=1S/C15H22N2O3/c1-16(13-6-4-2-3-5-7-13)14-8-9-15(17(19)20)12(10-14)11-18/h8-10,13,18H,2-7,11H2,1H3. The van der Waals surface area contributed by atoms with Gasteiger partial charge in [0.25, 0.3) is 5.69 Å². The second kappa shape index (κ2) is 6.70. The maximum atomic E-state index is 10.9. The van der Waals surface area contributed by atoms with Gasteiger partial charge in [0.2, 0.25) is 0 Å². The topological polar surface area (TPSA) is 66.6 Å². The molecule has 110 valence electrons. The number of anilines is 1. The summed E-state index contributed by atoms with van der Waals surface area (Å²) in [6, 6.07) is 5.50. The van der Waals surface area contributed by atoms with Crippen molar-refractivity contribution in [3.63, 3.8) is 0 Å². The Balaban J connectivity index is 2.20. The van der Waals surface area contributed by atoms with Crippen LogP contribution in [-0.4, -0.2) is 23.1 Å². The van der Waals surface area contributed by atoms with Crippen LogP contribution in [0, 0.1) is 10.1 Å². The van der Waals surface area contributed by atoms with E-state index >= 15 is 0 Å². The number of nitro groups is 1. The molecule has 0 saturated heterocycles. The molecule has 1 saturated carbocycles. The summed E-state index contributed by atoms with van der Waals surface area (Å²) >= 11 is 0. The third-order valence-corrected chi connectivity index (χ3v) is 4.21. The Morgan fingerprint density at radius 2 is 1.95 bits per heavy atom. The minimum Gasteiger partial charge on any atom is -0.391 e. The van der Waals surface area contributed by atoms with Crippen LogP contribution in [0.4, 0.5) is 11.4 Å². The van der Waals surface area contributed by atoms with Crippen molar-refractivity contribution in [2.24, 2.45) is 0 Å². The van der Waals surface area contributed by atoms with E-state index in [2.05, 4.69) is 4.90 Å². The van der Waals surface area contributed by atoms with Crippen LogP contribution in [-0.2, 0) is 6.61 Å². The van der Waals surface area contributed by atoms with E-state index in [9.17, 15) is 15.2 Å². The molecule has 1 fully saturated rings. The summed E-state index contributed by atoms with van der Waals surface area (Å²) < 4.78 is 0. The van der Waals surface area contributed by atoms with Crippen LogP contribution >= 0.6 is 0 Å². The van der Waals surface area contributed by atoms with Crippen molar-refractivity contribution in [2.75, 3.05) is 11.9 Å². The summed E-state index contributed by atoms with van der Waals surface area (Å²) in [7, 11) is 2.04. The van der Waals surface area contributed by atoms with Crippen LogP contribution in [0.2, 0.25) is 0 Å². The van der Waals surface area contributed by atoms with Gasteiger partial charge in [-0.1, -0.05) is 25.7 Å². The normalized spacial score (nSPS) is 16.7. The Morgan fingerprint density at radius 3 is 2.50 bits per heavy atom. The van der Waals surface area contributed by atoms with Gasteiger partial charge in [0.05, 0.1) is 17.1 Å². The van der Waals surface area contributed by atoms with Crippen molar-refractivity contribution >= 4 is 11.4 Å². The van der Waals surface area contributed by atoms with Gasteiger partial charge in [0, 0.05) is 24.8 Å². The van der Waals surface area contributed by atoms with E-state index < -0.39 is 4.92 Å². The van der Waals surface area contributed by atoms with Crippen LogP contribution in [0.1, 0.15) is 44.1 Å². The fraction of sp³-hybridized carbons (Fsp3) is 0.600. The van der Waals surface area contributed by atoms with Gasteiger partial charge in [0.1, 0.15) is 0 Å². The molecular formula is C15H22N2O3. The number of hydrogen-bond donors (Lipinski definition) is 1. The minimum atomic E-state index is -0.443. The first-order valence-electron chi connectivity index (χ1n) is 7.24. The molecular weight excluding hydrogens is 256 g/mol. The van der Waals surface area contributed by atoms with Crippen molar-refractivity contribution in [1.29, 1.82) is 0 Å². The molecule has 2 rings (SSSR count). The van der Waals surface area contributed by atoms with Gasteiger partial charge in [-0.2, -0.15) is 0 Å². The largest absolute Gasteiger partial charge is 0.391 e. The lowest BCUT2D eigenvalue weighted by Gasteiger charge is -2.29. The molecule has 5 heteroatoms. The molecule has 1 aromatic rings. The van der Waals surface area contributed by atoms with E-state index in [1.54, 1.807) is 12.1 Å².